The van der Waals surface area contributed by atoms with Crippen LogP contribution in [0.25, 0.3) is 5.76 Å². The van der Waals surface area contributed by atoms with Crippen molar-refractivity contribution in [3.63, 3.8) is 0 Å². The van der Waals surface area contributed by atoms with E-state index in [4.69, 9.17) is 5.73 Å². The van der Waals surface area contributed by atoms with E-state index in [0.29, 0.717) is 13.0 Å². The Morgan fingerprint density at radius 3 is 2.44 bits per heavy atom. The molecule has 1 aliphatic heterocycles. The number of nitrogens with zero attached hydrogens (tertiary/aromatic N) is 2. The number of halogens is 1. The smallest absolute Gasteiger partial charge is 0.255 e. The molecule has 7 N–H and O–H groups in total. The number of ketones is 2. The van der Waals surface area contributed by atoms with Crippen molar-refractivity contribution in [3.05, 3.63) is 39.9 Å². The van der Waals surface area contributed by atoms with Gasteiger partial charge in [-0.15, -0.1) is 0 Å². The van der Waals surface area contributed by atoms with Gasteiger partial charge in [0.05, 0.1) is 23.3 Å². The van der Waals surface area contributed by atoms with E-state index in [1.54, 1.807) is 14.0 Å². The summed E-state index contributed by atoms with van der Waals surface area (Å²) >= 11 is 0. The molecule has 1 saturated carbocycles. The number of hydrogen-bond donors (Lipinski definition) is 6. The number of fused-ring (bicyclic) bond motifs is 3. The van der Waals surface area contributed by atoms with Crippen molar-refractivity contribution in [3.8, 4) is 5.75 Å². The van der Waals surface area contributed by atoms with Gasteiger partial charge >= 0.3 is 0 Å². The molecule has 4 aliphatic rings. The molecule has 1 aromatic carbocycles. The normalized spacial score (nSPS) is 31.7. The Labute approximate surface area is 234 Å². The fraction of sp³-hybridized carbons (Fsp3) is 0.500. The first-order valence-electron chi connectivity index (χ1n) is 13.3. The van der Waals surface area contributed by atoms with E-state index >= 15 is 4.39 Å². The Balaban J connectivity index is 1.67. The molecule has 0 radical (unpaired) electrons. The van der Waals surface area contributed by atoms with Gasteiger partial charge in [-0.3, -0.25) is 29.0 Å². The molecule has 2 amide bonds. The molecule has 0 aromatic heterocycles. The molecule has 0 unspecified atom stereocenters. The van der Waals surface area contributed by atoms with Crippen molar-refractivity contribution in [1.82, 2.24) is 9.80 Å². The average Bonchev–Trinajstić information content (AvgIpc) is 3.30. The summed E-state index contributed by atoms with van der Waals surface area (Å²) < 4.78 is 15.6. The number of Topliss-reactive ketones (excluding diaryl/α,β-unsaturated/α-hetero) is 2. The zero-order valence-electron chi connectivity index (χ0n) is 23.1. The van der Waals surface area contributed by atoms with E-state index in [-0.39, 0.29) is 24.1 Å². The lowest BCUT2D eigenvalue weighted by atomic mass is 9.52. The largest absolute Gasteiger partial charge is 0.508 e. The summed E-state index contributed by atoms with van der Waals surface area (Å²) in [6, 6.07) is -0.805. The third-order valence-electron chi connectivity index (χ3n) is 9.16. The molecule has 5 rings (SSSR count). The number of nitrogens with one attached hydrogen (secondary N) is 1. The van der Waals surface area contributed by atoms with Crippen LogP contribution in [0, 0.1) is 17.2 Å². The standard InChI is InChI=1S/C28H33FN4O8/c1-27-9-11-13(29)8-14(31-26(40)15-6-5-7-33(15)4)20(34)16(11)21(35)18(27)24(38)28(41)12(10-27)19(32(2)3)22(36)17(23(28)37)25(30)39/h8,12,15,19,34-35,37,41H,5-7,9-10H2,1-4H3,(H2,30,39)(H,31,40)/t12-,15-,19-,27-,28+/m0/s1. The van der Waals surface area contributed by atoms with E-state index in [1.807, 2.05) is 4.90 Å². The molecule has 1 aromatic rings. The third-order valence-corrected chi connectivity index (χ3v) is 9.16. The minimum atomic E-state index is -2.82. The number of carbonyl (C=O) groups is 4. The molecule has 12 nitrogen and oxygen atoms in total. The number of hydrogen-bond acceptors (Lipinski definition) is 10. The highest BCUT2D eigenvalue weighted by atomic mass is 19.1. The van der Waals surface area contributed by atoms with Crippen molar-refractivity contribution in [2.45, 2.75) is 50.3 Å². The maximum absolute atomic E-state index is 15.6. The van der Waals surface area contributed by atoms with Gasteiger partial charge in [0.1, 0.15) is 22.9 Å². The predicted molar refractivity (Wildman–Crippen MR) is 143 cm³/mol. The summed E-state index contributed by atoms with van der Waals surface area (Å²) in [7, 11) is 4.75. The Morgan fingerprint density at radius 2 is 1.88 bits per heavy atom. The summed E-state index contributed by atoms with van der Waals surface area (Å²) in [6.45, 7) is 2.24. The molecule has 220 valence electrons. The molecule has 0 spiro atoms. The third kappa shape index (κ3) is 3.90. The highest BCUT2D eigenvalue weighted by molar-refractivity contribution is 6.24. The molecule has 0 bridgehead atoms. The fourth-order valence-electron chi connectivity index (χ4n) is 7.19. The number of aliphatic hydroxyl groups is 3. The molecule has 1 heterocycles. The number of phenolic OH excluding ortho intramolecular Hbond substituents is 1. The number of anilines is 1. The van der Waals surface area contributed by atoms with Crippen molar-refractivity contribution in [2.75, 3.05) is 33.0 Å². The molecular formula is C28H33FN4O8. The number of benzene rings is 1. The lowest BCUT2D eigenvalue weighted by Gasteiger charge is -2.53. The van der Waals surface area contributed by atoms with Gasteiger partial charge in [0.15, 0.2) is 17.1 Å². The van der Waals surface area contributed by atoms with Crippen LogP contribution in [0.5, 0.6) is 5.75 Å². The number of amides is 2. The molecule has 41 heavy (non-hydrogen) atoms. The van der Waals surface area contributed by atoms with Crippen LogP contribution >= 0.6 is 0 Å². The highest BCUT2D eigenvalue weighted by Crippen LogP contribution is 2.58. The Hall–Kier alpha value is -3.81. The monoisotopic (exact) mass is 572 g/mol. The lowest BCUT2D eigenvalue weighted by molar-refractivity contribution is -0.156. The van der Waals surface area contributed by atoms with E-state index in [9.17, 15) is 39.6 Å². The molecular weight excluding hydrogens is 539 g/mol. The maximum atomic E-state index is 15.6. The van der Waals surface area contributed by atoms with Gasteiger partial charge in [-0.1, -0.05) is 6.92 Å². The van der Waals surface area contributed by atoms with Crippen molar-refractivity contribution < 1.29 is 44.0 Å². The van der Waals surface area contributed by atoms with Crippen LogP contribution in [0.1, 0.15) is 37.3 Å². The number of aliphatic hydroxyl groups excluding tert-OH is 2. The SMILES string of the molecule is CN(C)[C@@H]1C(=O)C(C(N)=O)=C(O)[C@@]2(O)C(=O)C3=C(O)c4c(O)c(NC(=O)[C@@H]5CCCN5C)cc(F)c4C[C@@]3(C)C[C@@H]12. The van der Waals surface area contributed by atoms with Gasteiger partial charge < -0.3 is 31.5 Å². The summed E-state index contributed by atoms with van der Waals surface area (Å²) in [6.07, 6.45) is 0.945. The number of primary amides is 1. The van der Waals surface area contributed by atoms with E-state index in [2.05, 4.69) is 5.32 Å². The molecule has 3 aliphatic carbocycles. The van der Waals surface area contributed by atoms with Gasteiger partial charge in [-0.05, 0) is 53.4 Å². The van der Waals surface area contributed by atoms with Crippen molar-refractivity contribution in [2.24, 2.45) is 17.1 Å². The van der Waals surface area contributed by atoms with Crippen LogP contribution in [0.4, 0.5) is 10.1 Å². The van der Waals surface area contributed by atoms with Crippen LogP contribution < -0.4 is 11.1 Å². The minimum absolute atomic E-state index is 0.124. The summed E-state index contributed by atoms with van der Waals surface area (Å²) in [5.74, 6) is -8.78. The molecule has 1 saturated heterocycles. The Kier molecular flexibility index (Phi) is 6.56. The summed E-state index contributed by atoms with van der Waals surface area (Å²) in [5.41, 5.74) is -1.04. The highest BCUT2D eigenvalue weighted by Gasteiger charge is 2.66. The number of aromatic hydroxyl groups is 1. The molecule has 5 atom stereocenters. The minimum Gasteiger partial charge on any atom is -0.508 e. The van der Waals surface area contributed by atoms with Gasteiger partial charge in [-0.2, -0.15) is 0 Å². The number of phenols is 1. The Bertz CT molecular complexity index is 1490. The predicted octanol–water partition coefficient (Wildman–Crippen LogP) is 0.526. The van der Waals surface area contributed by atoms with Crippen LogP contribution in [0.15, 0.2) is 23.0 Å². The number of carbonyl (C=O) groups excluding carboxylic acids is 4. The first kappa shape index (κ1) is 28.7. The summed E-state index contributed by atoms with van der Waals surface area (Å²) in [5, 5.41) is 47.8. The van der Waals surface area contributed by atoms with Crippen molar-refractivity contribution in [1.29, 1.82) is 0 Å². The number of rotatable bonds is 4. The zero-order chi connectivity index (χ0) is 30.3. The second-order valence-electron chi connectivity index (χ2n) is 12.0. The van der Waals surface area contributed by atoms with Gasteiger partial charge in [0, 0.05) is 28.5 Å². The summed E-state index contributed by atoms with van der Waals surface area (Å²) in [4.78, 5) is 55.5. The number of likely N-dealkylation sites (tertiary alicyclic amines) is 1. The first-order valence-corrected chi connectivity index (χ1v) is 13.3. The molecule has 13 heteroatoms. The Morgan fingerprint density at radius 1 is 1.22 bits per heavy atom. The fourth-order valence-corrected chi connectivity index (χ4v) is 7.19. The quantitative estimate of drug-likeness (QED) is 0.219. The first-order chi connectivity index (χ1) is 19.1. The second-order valence-corrected chi connectivity index (χ2v) is 12.0. The van der Waals surface area contributed by atoms with Crippen LogP contribution in [0.2, 0.25) is 0 Å². The van der Waals surface area contributed by atoms with Gasteiger partial charge in [0.2, 0.25) is 11.7 Å². The topological polar surface area (TPSA) is 194 Å². The number of likely N-dealkylation sites (N-methyl/N-ethyl adjacent to an activating group) is 2. The van der Waals surface area contributed by atoms with Gasteiger partial charge in [-0.25, -0.2) is 4.39 Å². The maximum Gasteiger partial charge on any atom is 0.255 e. The number of nitrogens with two attached hydrogens (primary N) is 1. The van der Waals surface area contributed by atoms with E-state index in [0.717, 1.165) is 12.5 Å². The van der Waals surface area contributed by atoms with Crippen LogP contribution in [0.3, 0.4) is 0 Å². The molecule has 2 fully saturated rings. The van der Waals surface area contributed by atoms with Gasteiger partial charge in [0.25, 0.3) is 5.91 Å². The zero-order valence-corrected chi connectivity index (χ0v) is 23.1. The second kappa shape index (κ2) is 9.36. The van der Waals surface area contributed by atoms with Crippen molar-refractivity contribution >= 4 is 34.8 Å². The lowest BCUT2D eigenvalue weighted by Crippen LogP contribution is -2.67. The van der Waals surface area contributed by atoms with Crippen LogP contribution in [-0.2, 0) is 25.6 Å². The van der Waals surface area contributed by atoms with E-state index in [1.165, 1.54) is 19.0 Å². The van der Waals surface area contributed by atoms with Crippen LogP contribution in [-0.4, -0.2) is 99.0 Å². The van der Waals surface area contributed by atoms with E-state index < -0.39 is 92.2 Å². The average molecular weight is 573 g/mol.